The summed E-state index contributed by atoms with van der Waals surface area (Å²) in [5, 5.41) is -0.420. The predicted octanol–water partition coefficient (Wildman–Crippen LogP) is 2.75. The molecule has 84 valence electrons. The van der Waals surface area contributed by atoms with Crippen LogP contribution in [0.3, 0.4) is 0 Å². The zero-order valence-electron chi connectivity index (χ0n) is 8.91. The highest BCUT2D eigenvalue weighted by Crippen LogP contribution is 2.19. The standard InChI is InChI=1S/C10H14INO2S/c1-7(2)15(13,14)12-10-5-4-9(11)6-8(10)3/h4-7,12H,1-3H3. The Balaban J connectivity index is 3.01. The molecule has 0 saturated heterocycles. The van der Waals surface area contributed by atoms with Gasteiger partial charge in [0.25, 0.3) is 0 Å². The smallest absolute Gasteiger partial charge is 0.235 e. The minimum Gasteiger partial charge on any atom is -0.283 e. The number of rotatable bonds is 3. The third-order valence-electron chi connectivity index (χ3n) is 2.06. The van der Waals surface area contributed by atoms with E-state index in [1.54, 1.807) is 19.9 Å². The van der Waals surface area contributed by atoms with Crippen LogP contribution in [0.2, 0.25) is 0 Å². The fraction of sp³-hybridized carbons (Fsp3) is 0.400. The lowest BCUT2D eigenvalue weighted by Gasteiger charge is -2.12. The van der Waals surface area contributed by atoms with Gasteiger partial charge in [-0.05, 0) is 67.1 Å². The van der Waals surface area contributed by atoms with Crippen molar-refractivity contribution in [1.82, 2.24) is 0 Å². The Morgan fingerprint density at radius 2 is 1.93 bits per heavy atom. The predicted molar refractivity (Wildman–Crippen MR) is 71.6 cm³/mol. The van der Waals surface area contributed by atoms with E-state index < -0.39 is 15.3 Å². The molecule has 0 atom stereocenters. The van der Waals surface area contributed by atoms with Crippen LogP contribution in [0.15, 0.2) is 18.2 Å². The Hall–Kier alpha value is -0.300. The van der Waals surface area contributed by atoms with Gasteiger partial charge in [0, 0.05) is 3.57 Å². The molecule has 0 spiro atoms. The Labute approximate surface area is 104 Å². The lowest BCUT2D eigenvalue weighted by atomic mass is 10.2. The molecular formula is C10H14INO2S. The molecule has 15 heavy (non-hydrogen) atoms. The zero-order chi connectivity index (χ0) is 11.6. The Morgan fingerprint density at radius 3 is 2.40 bits per heavy atom. The van der Waals surface area contributed by atoms with Crippen molar-refractivity contribution >= 4 is 38.3 Å². The molecule has 1 rings (SSSR count). The number of hydrogen-bond donors (Lipinski definition) is 1. The van der Waals surface area contributed by atoms with Crippen LogP contribution in [0.25, 0.3) is 0 Å². The van der Waals surface area contributed by atoms with E-state index in [4.69, 9.17) is 0 Å². The highest BCUT2D eigenvalue weighted by Gasteiger charge is 2.16. The highest BCUT2D eigenvalue weighted by molar-refractivity contribution is 14.1. The van der Waals surface area contributed by atoms with Crippen LogP contribution in [0.4, 0.5) is 5.69 Å². The largest absolute Gasteiger partial charge is 0.283 e. The number of nitrogens with one attached hydrogen (secondary N) is 1. The number of aryl methyl sites for hydroxylation is 1. The molecule has 0 aliphatic heterocycles. The van der Waals surface area contributed by atoms with Gasteiger partial charge in [-0.2, -0.15) is 0 Å². The second-order valence-corrected chi connectivity index (χ2v) is 7.14. The average Bonchev–Trinajstić information content (AvgIpc) is 2.09. The van der Waals surface area contributed by atoms with Gasteiger partial charge in [-0.25, -0.2) is 8.42 Å². The van der Waals surface area contributed by atoms with Gasteiger partial charge < -0.3 is 0 Å². The van der Waals surface area contributed by atoms with E-state index in [1.807, 2.05) is 19.1 Å². The molecule has 0 saturated carbocycles. The molecule has 1 aromatic rings. The van der Waals surface area contributed by atoms with Crippen molar-refractivity contribution in [2.45, 2.75) is 26.0 Å². The van der Waals surface area contributed by atoms with Crippen LogP contribution < -0.4 is 4.72 Å². The summed E-state index contributed by atoms with van der Waals surface area (Å²) in [6.45, 7) is 5.20. The van der Waals surface area contributed by atoms with Gasteiger partial charge in [0.2, 0.25) is 10.0 Å². The van der Waals surface area contributed by atoms with Gasteiger partial charge >= 0.3 is 0 Å². The topological polar surface area (TPSA) is 46.2 Å². The molecular weight excluding hydrogens is 325 g/mol. The van der Waals surface area contributed by atoms with Gasteiger partial charge in [-0.15, -0.1) is 0 Å². The van der Waals surface area contributed by atoms with E-state index in [1.165, 1.54) is 0 Å². The maximum Gasteiger partial charge on any atom is 0.235 e. The molecule has 0 heterocycles. The van der Waals surface area contributed by atoms with Crippen LogP contribution in [-0.2, 0) is 10.0 Å². The molecule has 0 amide bonds. The Kier molecular flexibility index (Phi) is 3.99. The van der Waals surface area contributed by atoms with Crippen molar-refractivity contribution in [3.8, 4) is 0 Å². The molecule has 0 aromatic heterocycles. The summed E-state index contributed by atoms with van der Waals surface area (Å²) >= 11 is 2.20. The van der Waals surface area contributed by atoms with Gasteiger partial charge in [0.15, 0.2) is 0 Å². The summed E-state index contributed by atoms with van der Waals surface area (Å²) in [6, 6.07) is 5.61. The summed E-state index contributed by atoms with van der Waals surface area (Å²) in [5.41, 5.74) is 1.59. The van der Waals surface area contributed by atoms with E-state index >= 15 is 0 Å². The van der Waals surface area contributed by atoms with E-state index in [9.17, 15) is 8.42 Å². The molecule has 0 bridgehead atoms. The second kappa shape index (κ2) is 4.69. The minimum absolute atomic E-state index is 0.420. The number of hydrogen-bond acceptors (Lipinski definition) is 2. The van der Waals surface area contributed by atoms with Crippen molar-refractivity contribution in [3.63, 3.8) is 0 Å². The molecule has 5 heteroatoms. The first kappa shape index (κ1) is 12.8. The molecule has 0 radical (unpaired) electrons. The summed E-state index contributed by atoms with van der Waals surface area (Å²) < 4.78 is 26.9. The van der Waals surface area contributed by atoms with Crippen LogP contribution in [0.1, 0.15) is 19.4 Å². The molecule has 1 aromatic carbocycles. The average molecular weight is 339 g/mol. The van der Waals surface area contributed by atoms with E-state index in [0.717, 1.165) is 9.13 Å². The molecule has 0 aliphatic carbocycles. The first-order valence-corrected chi connectivity index (χ1v) is 7.23. The first-order chi connectivity index (χ1) is 6.83. The fourth-order valence-electron chi connectivity index (χ4n) is 1.01. The van der Waals surface area contributed by atoms with Crippen LogP contribution >= 0.6 is 22.6 Å². The van der Waals surface area contributed by atoms with Gasteiger partial charge in [0.05, 0.1) is 10.9 Å². The Bertz CT molecular complexity index is 454. The van der Waals surface area contributed by atoms with Crippen molar-refractivity contribution < 1.29 is 8.42 Å². The first-order valence-electron chi connectivity index (χ1n) is 4.60. The van der Waals surface area contributed by atoms with E-state index in [0.29, 0.717) is 5.69 Å². The van der Waals surface area contributed by atoms with Gasteiger partial charge in [-0.1, -0.05) is 0 Å². The summed E-state index contributed by atoms with van der Waals surface area (Å²) in [6.07, 6.45) is 0. The van der Waals surface area contributed by atoms with Gasteiger partial charge in [-0.3, -0.25) is 4.72 Å². The monoisotopic (exact) mass is 339 g/mol. The molecule has 0 aliphatic rings. The van der Waals surface area contributed by atoms with Crippen molar-refractivity contribution in [2.24, 2.45) is 0 Å². The second-order valence-electron chi connectivity index (χ2n) is 3.66. The maximum absolute atomic E-state index is 11.6. The Morgan fingerprint density at radius 1 is 1.33 bits per heavy atom. The summed E-state index contributed by atoms with van der Waals surface area (Å²) in [7, 11) is -3.24. The maximum atomic E-state index is 11.6. The third-order valence-corrected chi connectivity index (χ3v) is 4.48. The van der Waals surface area contributed by atoms with Crippen molar-refractivity contribution in [3.05, 3.63) is 27.3 Å². The number of benzene rings is 1. The minimum atomic E-state index is -3.24. The SMILES string of the molecule is Cc1cc(I)ccc1NS(=O)(=O)C(C)C. The zero-order valence-corrected chi connectivity index (χ0v) is 11.9. The quantitative estimate of drug-likeness (QED) is 0.861. The highest BCUT2D eigenvalue weighted by atomic mass is 127. The molecule has 0 fully saturated rings. The fourth-order valence-corrected chi connectivity index (χ4v) is 2.43. The summed E-state index contributed by atoms with van der Waals surface area (Å²) in [4.78, 5) is 0. The normalized spacial score (nSPS) is 11.8. The van der Waals surface area contributed by atoms with Crippen LogP contribution in [0, 0.1) is 10.5 Å². The van der Waals surface area contributed by atoms with Crippen molar-refractivity contribution in [2.75, 3.05) is 4.72 Å². The van der Waals surface area contributed by atoms with Crippen molar-refractivity contribution in [1.29, 1.82) is 0 Å². The molecule has 3 nitrogen and oxygen atoms in total. The molecule has 1 N–H and O–H groups in total. The lowest BCUT2D eigenvalue weighted by Crippen LogP contribution is -2.22. The van der Waals surface area contributed by atoms with E-state index in [-0.39, 0.29) is 0 Å². The summed E-state index contributed by atoms with van der Waals surface area (Å²) in [5.74, 6) is 0. The van der Waals surface area contributed by atoms with Gasteiger partial charge in [0.1, 0.15) is 0 Å². The van der Waals surface area contributed by atoms with Crippen LogP contribution in [-0.4, -0.2) is 13.7 Å². The number of halogens is 1. The van der Waals surface area contributed by atoms with Crippen LogP contribution in [0.5, 0.6) is 0 Å². The lowest BCUT2D eigenvalue weighted by molar-refractivity contribution is 0.592. The molecule has 0 unspecified atom stereocenters. The number of sulfonamides is 1. The van der Waals surface area contributed by atoms with E-state index in [2.05, 4.69) is 27.3 Å². The third kappa shape index (κ3) is 3.34. The number of anilines is 1.